The van der Waals surface area contributed by atoms with Gasteiger partial charge in [0, 0.05) is 5.69 Å². The number of fused-ring (bicyclic) bond motifs is 1. The Morgan fingerprint density at radius 1 is 1.21 bits per heavy atom. The summed E-state index contributed by atoms with van der Waals surface area (Å²) in [6.07, 6.45) is 0.352. The number of hydrogen-bond donors (Lipinski definition) is 3. The van der Waals surface area contributed by atoms with Gasteiger partial charge in [-0.1, -0.05) is 0 Å². The van der Waals surface area contributed by atoms with E-state index in [4.69, 9.17) is 0 Å². The van der Waals surface area contributed by atoms with E-state index in [1.807, 2.05) is 16.8 Å². The zero-order chi connectivity index (χ0) is 13.2. The summed E-state index contributed by atoms with van der Waals surface area (Å²) >= 11 is 1.57. The zero-order valence-electron chi connectivity index (χ0n) is 9.90. The van der Waals surface area contributed by atoms with Gasteiger partial charge in [0.25, 0.3) is 0 Å². The number of nitrogens with one attached hydrogen (secondary N) is 3. The molecular formula is C13H11N3O2S. The Hall–Kier alpha value is -2.34. The predicted octanol–water partition coefficient (Wildman–Crippen LogP) is 2.10. The van der Waals surface area contributed by atoms with E-state index in [1.54, 1.807) is 29.5 Å². The number of H-pyrrole nitrogens is 2. The van der Waals surface area contributed by atoms with Crippen LogP contribution in [0.25, 0.3) is 11.0 Å². The third-order valence-electron chi connectivity index (χ3n) is 2.74. The van der Waals surface area contributed by atoms with Gasteiger partial charge in [-0.25, -0.2) is 4.79 Å². The molecule has 0 aliphatic rings. The number of aromatic nitrogens is 2. The van der Waals surface area contributed by atoms with Crippen molar-refractivity contribution in [3.8, 4) is 0 Å². The summed E-state index contributed by atoms with van der Waals surface area (Å²) in [4.78, 5) is 28.3. The number of aromatic amines is 2. The molecule has 1 amide bonds. The molecule has 1 aromatic carbocycles. The molecule has 3 N–H and O–H groups in total. The standard InChI is InChI=1S/C13H11N3O2S/c17-12(5-8-3-4-19-7-8)14-9-1-2-10-11(6-9)16-13(18)15-10/h1-4,6-7H,5H2,(H,14,17)(H2,15,16,18). The topological polar surface area (TPSA) is 77.8 Å². The zero-order valence-corrected chi connectivity index (χ0v) is 10.7. The molecule has 5 nitrogen and oxygen atoms in total. The average molecular weight is 273 g/mol. The second kappa shape index (κ2) is 4.74. The minimum absolute atomic E-state index is 0.0735. The molecule has 2 aromatic heterocycles. The maximum Gasteiger partial charge on any atom is 0.323 e. The van der Waals surface area contributed by atoms with Gasteiger partial charge in [0.2, 0.25) is 5.91 Å². The Morgan fingerprint density at radius 2 is 2.05 bits per heavy atom. The fourth-order valence-electron chi connectivity index (χ4n) is 1.89. The maximum absolute atomic E-state index is 11.8. The normalized spacial score (nSPS) is 10.7. The summed E-state index contributed by atoms with van der Waals surface area (Å²) < 4.78 is 0. The number of benzene rings is 1. The molecule has 0 unspecified atom stereocenters. The van der Waals surface area contributed by atoms with Crippen molar-refractivity contribution in [2.45, 2.75) is 6.42 Å². The molecular weight excluding hydrogens is 262 g/mol. The minimum atomic E-state index is -0.253. The van der Waals surface area contributed by atoms with Crippen molar-refractivity contribution in [2.75, 3.05) is 5.32 Å². The number of carbonyl (C=O) groups excluding carboxylic acids is 1. The minimum Gasteiger partial charge on any atom is -0.326 e. The van der Waals surface area contributed by atoms with Gasteiger partial charge in [0.15, 0.2) is 0 Å². The Balaban J connectivity index is 1.77. The van der Waals surface area contributed by atoms with Crippen LogP contribution in [-0.2, 0) is 11.2 Å². The molecule has 0 saturated heterocycles. The highest BCUT2D eigenvalue weighted by atomic mass is 32.1. The smallest absolute Gasteiger partial charge is 0.323 e. The maximum atomic E-state index is 11.8. The van der Waals surface area contributed by atoms with E-state index in [0.717, 1.165) is 11.1 Å². The fourth-order valence-corrected chi connectivity index (χ4v) is 2.56. The van der Waals surface area contributed by atoms with E-state index < -0.39 is 0 Å². The molecule has 19 heavy (non-hydrogen) atoms. The molecule has 2 heterocycles. The van der Waals surface area contributed by atoms with Gasteiger partial charge in [-0.2, -0.15) is 11.3 Å². The first-order valence-corrected chi connectivity index (χ1v) is 6.68. The summed E-state index contributed by atoms with van der Waals surface area (Å²) in [5.74, 6) is -0.0735. The Bertz CT molecular complexity index is 771. The number of thiophene rings is 1. The van der Waals surface area contributed by atoms with Gasteiger partial charge in [0.05, 0.1) is 17.5 Å². The number of carbonyl (C=O) groups is 1. The first-order valence-electron chi connectivity index (χ1n) is 5.74. The van der Waals surface area contributed by atoms with Gasteiger partial charge in [-0.15, -0.1) is 0 Å². The summed E-state index contributed by atoms with van der Waals surface area (Å²) in [5.41, 5.74) is 2.82. The van der Waals surface area contributed by atoms with Gasteiger partial charge in [-0.3, -0.25) is 4.79 Å². The van der Waals surface area contributed by atoms with E-state index in [0.29, 0.717) is 17.6 Å². The van der Waals surface area contributed by atoms with Crippen molar-refractivity contribution in [3.05, 3.63) is 51.1 Å². The Morgan fingerprint density at radius 3 is 2.84 bits per heavy atom. The van der Waals surface area contributed by atoms with Gasteiger partial charge >= 0.3 is 5.69 Å². The van der Waals surface area contributed by atoms with Crippen LogP contribution in [0.3, 0.4) is 0 Å². The summed E-state index contributed by atoms with van der Waals surface area (Å²) in [6.45, 7) is 0. The van der Waals surface area contributed by atoms with Crippen LogP contribution in [-0.4, -0.2) is 15.9 Å². The lowest BCUT2D eigenvalue weighted by Crippen LogP contribution is -2.13. The van der Waals surface area contributed by atoms with E-state index in [9.17, 15) is 9.59 Å². The van der Waals surface area contributed by atoms with E-state index >= 15 is 0 Å². The first kappa shape index (κ1) is 11.7. The van der Waals surface area contributed by atoms with Crippen LogP contribution in [0.2, 0.25) is 0 Å². The van der Waals surface area contributed by atoms with E-state index in [-0.39, 0.29) is 11.6 Å². The predicted molar refractivity (Wildman–Crippen MR) is 75.6 cm³/mol. The molecule has 0 bridgehead atoms. The lowest BCUT2D eigenvalue weighted by Gasteiger charge is -2.04. The molecule has 0 fully saturated rings. The van der Waals surface area contributed by atoms with Gasteiger partial charge < -0.3 is 15.3 Å². The van der Waals surface area contributed by atoms with Crippen molar-refractivity contribution in [1.82, 2.24) is 9.97 Å². The van der Waals surface area contributed by atoms with E-state index in [2.05, 4.69) is 15.3 Å². The Labute approximate surface area is 112 Å². The Kier molecular flexibility index (Phi) is 2.92. The van der Waals surface area contributed by atoms with Crippen LogP contribution in [0.5, 0.6) is 0 Å². The van der Waals surface area contributed by atoms with Crippen LogP contribution >= 0.6 is 11.3 Å². The largest absolute Gasteiger partial charge is 0.326 e. The lowest BCUT2D eigenvalue weighted by molar-refractivity contribution is -0.115. The van der Waals surface area contributed by atoms with Crippen molar-refractivity contribution < 1.29 is 4.79 Å². The fraction of sp³-hybridized carbons (Fsp3) is 0.0769. The molecule has 3 rings (SSSR count). The molecule has 96 valence electrons. The third kappa shape index (κ3) is 2.58. The summed E-state index contributed by atoms with van der Waals surface area (Å²) in [7, 11) is 0. The van der Waals surface area contributed by atoms with Gasteiger partial charge in [-0.05, 0) is 40.6 Å². The average Bonchev–Trinajstić information content (AvgIpc) is 2.96. The van der Waals surface area contributed by atoms with Crippen LogP contribution in [0.1, 0.15) is 5.56 Å². The molecule has 0 radical (unpaired) electrons. The quantitative estimate of drug-likeness (QED) is 0.683. The van der Waals surface area contributed by atoms with Crippen LogP contribution in [0, 0.1) is 0 Å². The molecule has 0 saturated carbocycles. The molecule has 6 heteroatoms. The highest BCUT2D eigenvalue weighted by molar-refractivity contribution is 7.08. The highest BCUT2D eigenvalue weighted by Crippen LogP contribution is 2.15. The van der Waals surface area contributed by atoms with Crippen LogP contribution in [0.4, 0.5) is 5.69 Å². The third-order valence-corrected chi connectivity index (χ3v) is 3.48. The van der Waals surface area contributed by atoms with Crippen molar-refractivity contribution >= 4 is 34.0 Å². The number of hydrogen-bond acceptors (Lipinski definition) is 3. The monoisotopic (exact) mass is 273 g/mol. The number of rotatable bonds is 3. The molecule has 0 atom stereocenters. The number of anilines is 1. The van der Waals surface area contributed by atoms with Crippen molar-refractivity contribution in [3.63, 3.8) is 0 Å². The van der Waals surface area contributed by atoms with Crippen LogP contribution < -0.4 is 11.0 Å². The van der Waals surface area contributed by atoms with Gasteiger partial charge in [0.1, 0.15) is 0 Å². The molecule has 3 aromatic rings. The lowest BCUT2D eigenvalue weighted by atomic mass is 10.2. The molecule has 0 aliphatic heterocycles. The number of imidazole rings is 1. The molecule has 0 aliphatic carbocycles. The summed E-state index contributed by atoms with van der Waals surface area (Å²) in [5, 5.41) is 6.71. The van der Waals surface area contributed by atoms with Crippen LogP contribution in [0.15, 0.2) is 39.8 Å². The second-order valence-electron chi connectivity index (χ2n) is 4.20. The summed E-state index contributed by atoms with van der Waals surface area (Å²) in [6, 6.07) is 7.18. The highest BCUT2D eigenvalue weighted by Gasteiger charge is 2.06. The molecule has 0 spiro atoms. The van der Waals surface area contributed by atoms with Crippen molar-refractivity contribution in [2.24, 2.45) is 0 Å². The first-order chi connectivity index (χ1) is 9.20. The second-order valence-corrected chi connectivity index (χ2v) is 4.98. The van der Waals surface area contributed by atoms with Crippen molar-refractivity contribution in [1.29, 1.82) is 0 Å². The SMILES string of the molecule is O=C(Cc1ccsc1)Nc1ccc2[nH]c(=O)[nH]c2c1. The van der Waals surface area contributed by atoms with E-state index in [1.165, 1.54) is 0 Å². The number of amides is 1.